The smallest absolute Gasteiger partial charge is 0.160 e. The van der Waals surface area contributed by atoms with Crippen LogP contribution in [0.2, 0.25) is 0 Å². The van der Waals surface area contributed by atoms with Gasteiger partial charge in [0.05, 0.1) is 17.9 Å². The molecule has 3 heterocycles. The van der Waals surface area contributed by atoms with Crippen LogP contribution in [0.3, 0.4) is 0 Å². The van der Waals surface area contributed by atoms with Gasteiger partial charge in [-0.15, -0.1) is 22.9 Å². The molecule has 0 aliphatic rings. The Morgan fingerprint density at radius 1 is 1.41 bits per heavy atom. The summed E-state index contributed by atoms with van der Waals surface area (Å²) < 4.78 is 2.04. The molecule has 86 valence electrons. The number of thiazole rings is 1. The molecule has 0 fully saturated rings. The van der Waals surface area contributed by atoms with Crippen LogP contribution in [0.1, 0.15) is 10.7 Å². The van der Waals surface area contributed by atoms with E-state index in [1.807, 2.05) is 28.4 Å². The van der Waals surface area contributed by atoms with E-state index in [-0.39, 0.29) is 0 Å². The molecule has 0 saturated heterocycles. The van der Waals surface area contributed by atoms with Gasteiger partial charge in [-0.25, -0.2) is 9.97 Å². The summed E-state index contributed by atoms with van der Waals surface area (Å²) in [6.45, 7) is 0.722. The highest BCUT2D eigenvalue weighted by Gasteiger charge is 2.11. The fraction of sp³-hybridized carbons (Fsp3) is 0.182. The second kappa shape index (κ2) is 4.43. The molecule has 0 spiro atoms. The van der Waals surface area contributed by atoms with Gasteiger partial charge in [0.1, 0.15) is 11.3 Å². The van der Waals surface area contributed by atoms with E-state index in [0.29, 0.717) is 5.88 Å². The van der Waals surface area contributed by atoms with E-state index in [4.69, 9.17) is 11.6 Å². The number of hydrogen-bond acceptors (Lipinski definition) is 4. The van der Waals surface area contributed by atoms with E-state index < -0.39 is 0 Å². The highest BCUT2D eigenvalue weighted by Crippen LogP contribution is 2.18. The van der Waals surface area contributed by atoms with Gasteiger partial charge in [0, 0.05) is 17.3 Å². The number of aromatic nitrogens is 4. The standard InChI is InChI=1S/C11H9ClN4S/c12-4-10-15-9-2-1-3-14-11(9)16(10)6-8-5-13-7-17-8/h1-3,5,7H,4,6H2. The van der Waals surface area contributed by atoms with Gasteiger partial charge < -0.3 is 4.57 Å². The Balaban J connectivity index is 2.12. The fourth-order valence-corrected chi connectivity index (χ4v) is 2.54. The zero-order chi connectivity index (χ0) is 11.7. The molecular formula is C11H9ClN4S. The third-order valence-electron chi connectivity index (χ3n) is 2.50. The van der Waals surface area contributed by atoms with Crippen molar-refractivity contribution in [3.05, 3.63) is 40.7 Å². The number of pyridine rings is 1. The minimum atomic E-state index is 0.384. The number of fused-ring (bicyclic) bond motifs is 1. The molecule has 4 nitrogen and oxygen atoms in total. The van der Waals surface area contributed by atoms with Crippen LogP contribution >= 0.6 is 22.9 Å². The zero-order valence-electron chi connectivity index (χ0n) is 8.88. The SMILES string of the molecule is ClCc1nc2cccnc2n1Cc1cncs1. The van der Waals surface area contributed by atoms with E-state index >= 15 is 0 Å². The first kappa shape index (κ1) is 10.7. The normalized spacial score (nSPS) is 11.1. The summed E-state index contributed by atoms with van der Waals surface area (Å²) in [5.41, 5.74) is 3.58. The number of alkyl halides is 1. The van der Waals surface area contributed by atoms with Gasteiger partial charge in [-0.3, -0.25) is 4.98 Å². The summed E-state index contributed by atoms with van der Waals surface area (Å²) >= 11 is 7.54. The first-order chi connectivity index (χ1) is 8.38. The molecule has 0 unspecified atom stereocenters. The van der Waals surface area contributed by atoms with Crippen molar-refractivity contribution in [3.63, 3.8) is 0 Å². The van der Waals surface area contributed by atoms with Crippen molar-refractivity contribution in [3.8, 4) is 0 Å². The topological polar surface area (TPSA) is 43.6 Å². The number of hydrogen-bond donors (Lipinski definition) is 0. The molecule has 0 aliphatic carbocycles. The molecule has 3 rings (SSSR count). The second-order valence-electron chi connectivity index (χ2n) is 3.56. The molecule has 0 bridgehead atoms. The van der Waals surface area contributed by atoms with E-state index in [9.17, 15) is 0 Å². The number of nitrogens with zero attached hydrogens (tertiary/aromatic N) is 4. The molecule has 0 aromatic carbocycles. The third-order valence-corrected chi connectivity index (χ3v) is 3.50. The lowest BCUT2D eigenvalue weighted by Gasteiger charge is -2.04. The number of imidazole rings is 1. The average Bonchev–Trinajstić information content (AvgIpc) is 2.98. The molecule has 0 aliphatic heterocycles. The molecule has 0 atom stereocenters. The molecule has 3 aromatic heterocycles. The first-order valence-electron chi connectivity index (χ1n) is 5.12. The van der Waals surface area contributed by atoms with Crippen LogP contribution in [0, 0.1) is 0 Å². The van der Waals surface area contributed by atoms with Gasteiger partial charge in [0.2, 0.25) is 0 Å². The van der Waals surface area contributed by atoms with Gasteiger partial charge in [-0.2, -0.15) is 0 Å². The fourth-order valence-electron chi connectivity index (χ4n) is 1.75. The van der Waals surface area contributed by atoms with Crippen molar-refractivity contribution in [1.29, 1.82) is 0 Å². The quantitative estimate of drug-likeness (QED) is 0.683. The molecule has 0 N–H and O–H groups in total. The minimum Gasteiger partial charge on any atom is -0.306 e. The van der Waals surface area contributed by atoms with Gasteiger partial charge in [0.15, 0.2) is 5.65 Å². The summed E-state index contributed by atoms with van der Waals surface area (Å²) in [4.78, 5) is 14.1. The monoisotopic (exact) mass is 264 g/mol. The third kappa shape index (κ3) is 1.92. The Hall–Kier alpha value is -1.46. The van der Waals surface area contributed by atoms with Gasteiger partial charge in [0.25, 0.3) is 0 Å². The van der Waals surface area contributed by atoms with E-state index in [0.717, 1.165) is 23.5 Å². The molecule has 17 heavy (non-hydrogen) atoms. The minimum absolute atomic E-state index is 0.384. The predicted molar refractivity (Wildman–Crippen MR) is 68.3 cm³/mol. The molecule has 0 amide bonds. The summed E-state index contributed by atoms with van der Waals surface area (Å²) in [7, 11) is 0. The van der Waals surface area contributed by atoms with Crippen LogP contribution in [0.4, 0.5) is 0 Å². The maximum absolute atomic E-state index is 5.92. The Morgan fingerprint density at radius 2 is 2.35 bits per heavy atom. The van der Waals surface area contributed by atoms with Crippen LogP contribution in [-0.4, -0.2) is 19.5 Å². The van der Waals surface area contributed by atoms with E-state index in [2.05, 4.69) is 15.0 Å². The van der Waals surface area contributed by atoms with Crippen molar-refractivity contribution in [2.24, 2.45) is 0 Å². The Bertz CT molecular complexity index is 632. The van der Waals surface area contributed by atoms with Crippen LogP contribution in [-0.2, 0) is 12.4 Å². The highest BCUT2D eigenvalue weighted by atomic mass is 35.5. The van der Waals surface area contributed by atoms with Crippen molar-refractivity contribution in [2.75, 3.05) is 0 Å². The largest absolute Gasteiger partial charge is 0.306 e. The van der Waals surface area contributed by atoms with Crippen LogP contribution in [0.15, 0.2) is 30.0 Å². The summed E-state index contributed by atoms with van der Waals surface area (Å²) in [6.07, 6.45) is 3.63. The lowest BCUT2D eigenvalue weighted by molar-refractivity contribution is 0.779. The van der Waals surface area contributed by atoms with Crippen molar-refractivity contribution in [2.45, 2.75) is 12.4 Å². The molecule has 3 aromatic rings. The lowest BCUT2D eigenvalue weighted by atomic mass is 10.4. The molecular weight excluding hydrogens is 256 g/mol. The van der Waals surface area contributed by atoms with Crippen LogP contribution in [0.25, 0.3) is 11.2 Å². The summed E-state index contributed by atoms with van der Waals surface area (Å²) in [5.74, 6) is 1.23. The Labute approximate surface area is 107 Å². The second-order valence-corrected chi connectivity index (χ2v) is 4.80. The van der Waals surface area contributed by atoms with Crippen molar-refractivity contribution >= 4 is 34.1 Å². The Kier molecular flexibility index (Phi) is 2.78. The maximum Gasteiger partial charge on any atom is 0.160 e. The molecule has 0 saturated carbocycles. The summed E-state index contributed by atoms with van der Waals surface area (Å²) in [5, 5.41) is 0. The van der Waals surface area contributed by atoms with Gasteiger partial charge >= 0.3 is 0 Å². The van der Waals surface area contributed by atoms with Gasteiger partial charge in [-0.1, -0.05) is 0 Å². The van der Waals surface area contributed by atoms with E-state index in [1.54, 1.807) is 17.5 Å². The van der Waals surface area contributed by atoms with Crippen molar-refractivity contribution < 1.29 is 0 Å². The number of rotatable bonds is 3. The maximum atomic E-state index is 5.92. The molecule has 6 heteroatoms. The van der Waals surface area contributed by atoms with Gasteiger partial charge in [-0.05, 0) is 12.1 Å². The predicted octanol–water partition coefficient (Wildman–Crippen LogP) is 2.67. The molecule has 0 radical (unpaired) electrons. The highest BCUT2D eigenvalue weighted by molar-refractivity contribution is 7.09. The summed E-state index contributed by atoms with van der Waals surface area (Å²) in [6, 6.07) is 3.83. The van der Waals surface area contributed by atoms with E-state index in [1.165, 1.54) is 4.88 Å². The van der Waals surface area contributed by atoms with Crippen LogP contribution in [0.5, 0.6) is 0 Å². The lowest BCUT2D eigenvalue weighted by Crippen LogP contribution is -2.03. The van der Waals surface area contributed by atoms with Crippen molar-refractivity contribution in [1.82, 2.24) is 19.5 Å². The number of halogens is 1. The Morgan fingerprint density at radius 3 is 3.12 bits per heavy atom. The average molecular weight is 265 g/mol. The first-order valence-corrected chi connectivity index (χ1v) is 6.53. The zero-order valence-corrected chi connectivity index (χ0v) is 10.4. The van der Waals surface area contributed by atoms with Crippen LogP contribution < -0.4 is 0 Å².